The van der Waals surface area contributed by atoms with Crippen LogP contribution in [0.4, 0.5) is 11.8 Å². The molecule has 1 aromatic rings. The third-order valence-electron chi connectivity index (χ3n) is 4.60. The average Bonchev–Trinajstić information content (AvgIpc) is 2.41. The summed E-state index contributed by atoms with van der Waals surface area (Å²) in [6.07, 6.45) is 6.87. The second kappa shape index (κ2) is 6.60. The van der Waals surface area contributed by atoms with Gasteiger partial charge in [0.2, 0.25) is 5.95 Å². The zero-order valence-corrected chi connectivity index (χ0v) is 14.1. The Labute approximate surface area is 128 Å². The van der Waals surface area contributed by atoms with E-state index in [2.05, 4.69) is 55.1 Å². The maximum Gasteiger partial charge on any atom is 0.224 e. The van der Waals surface area contributed by atoms with Crippen molar-refractivity contribution in [3.05, 3.63) is 11.8 Å². The standard InChI is InChI=1S/C16H29N5/c1-6-10-17-15-18-11-13(2)14(19-15)21(5)12-16(20(3)4)8-7-9-16/h11H,6-10,12H2,1-5H3,(H,17,18,19). The first-order valence-electron chi connectivity index (χ1n) is 7.94. The van der Waals surface area contributed by atoms with Crippen molar-refractivity contribution >= 4 is 11.8 Å². The second-order valence-corrected chi connectivity index (χ2v) is 6.46. The Morgan fingerprint density at radius 1 is 1.29 bits per heavy atom. The largest absolute Gasteiger partial charge is 0.357 e. The number of anilines is 2. The third kappa shape index (κ3) is 3.46. The minimum atomic E-state index is 0.309. The molecular formula is C16H29N5. The first kappa shape index (κ1) is 16.0. The van der Waals surface area contributed by atoms with Crippen LogP contribution in [0, 0.1) is 6.92 Å². The molecule has 5 heteroatoms. The number of hydrogen-bond donors (Lipinski definition) is 1. The van der Waals surface area contributed by atoms with Crippen molar-refractivity contribution in [2.45, 2.75) is 45.1 Å². The molecule has 0 bridgehead atoms. The molecule has 2 rings (SSSR count). The highest BCUT2D eigenvalue weighted by Gasteiger charge is 2.40. The van der Waals surface area contributed by atoms with Crippen LogP contribution in [0.15, 0.2) is 6.20 Å². The van der Waals surface area contributed by atoms with Gasteiger partial charge in [0.05, 0.1) is 0 Å². The monoisotopic (exact) mass is 291 g/mol. The van der Waals surface area contributed by atoms with Crippen LogP contribution < -0.4 is 10.2 Å². The van der Waals surface area contributed by atoms with Crippen LogP contribution >= 0.6 is 0 Å². The highest BCUT2D eigenvalue weighted by Crippen LogP contribution is 2.37. The summed E-state index contributed by atoms with van der Waals surface area (Å²) in [4.78, 5) is 13.7. The number of aromatic nitrogens is 2. The molecule has 0 aliphatic heterocycles. The van der Waals surface area contributed by atoms with Crippen molar-refractivity contribution in [3.63, 3.8) is 0 Å². The molecule has 0 amide bonds. The summed E-state index contributed by atoms with van der Waals surface area (Å²) in [7, 11) is 6.52. The molecule has 118 valence electrons. The van der Waals surface area contributed by atoms with E-state index in [0.29, 0.717) is 5.54 Å². The number of nitrogens with zero attached hydrogens (tertiary/aromatic N) is 4. The first-order valence-corrected chi connectivity index (χ1v) is 7.94. The van der Waals surface area contributed by atoms with Gasteiger partial charge in [0, 0.05) is 37.4 Å². The van der Waals surface area contributed by atoms with Gasteiger partial charge < -0.3 is 15.1 Å². The molecule has 1 saturated carbocycles. The van der Waals surface area contributed by atoms with Crippen LogP contribution in [0.1, 0.15) is 38.2 Å². The molecule has 1 N–H and O–H groups in total. The fourth-order valence-corrected chi connectivity index (χ4v) is 2.99. The summed E-state index contributed by atoms with van der Waals surface area (Å²) in [5.41, 5.74) is 1.44. The van der Waals surface area contributed by atoms with Gasteiger partial charge in [-0.05, 0) is 46.7 Å². The predicted molar refractivity (Wildman–Crippen MR) is 89.1 cm³/mol. The van der Waals surface area contributed by atoms with Crippen LogP contribution in [-0.4, -0.2) is 54.6 Å². The quantitative estimate of drug-likeness (QED) is 0.836. The average molecular weight is 291 g/mol. The lowest BCUT2D eigenvalue weighted by atomic mass is 9.75. The molecule has 1 aliphatic rings. The number of likely N-dealkylation sites (N-methyl/N-ethyl adjacent to an activating group) is 2. The fraction of sp³-hybridized carbons (Fsp3) is 0.750. The Hall–Kier alpha value is -1.36. The van der Waals surface area contributed by atoms with E-state index >= 15 is 0 Å². The van der Waals surface area contributed by atoms with Crippen molar-refractivity contribution in [1.29, 1.82) is 0 Å². The highest BCUT2D eigenvalue weighted by atomic mass is 15.3. The maximum atomic E-state index is 4.70. The SMILES string of the molecule is CCCNc1ncc(C)c(N(C)CC2(N(C)C)CCC2)n1. The van der Waals surface area contributed by atoms with Crippen LogP contribution in [0.2, 0.25) is 0 Å². The lowest BCUT2D eigenvalue weighted by Crippen LogP contribution is -2.57. The Morgan fingerprint density at radius 3 is 2.52 bits per heavy atom. The molecule has 5 nitrogen and oxygen atoms in total. The normalized spacial score (nSPS) is 16.7. The molecule has 21 heavy (non-hydrogen) atoms. The molecular weight excluding hydrogens is 262 g/mol. The minimum absolute atomic E-state index is 0.309. The van der Waals surface area contributed by atoms with E-state index in [0.717, 1.165) is 36.8 Å². The van der Waals surface area contributed by atoms with E-state index in [4.69, 9.17) is 4.98 Å². The number of nitrogens with one attached hydrogen (secondary N) is 1. The van der Waals surface area contributed by atoms with E-state index in [1.165, 1.54) is 19.3 Å². The van der Waals surface area contributed by atoms with Gasteiger partial charge in [0.15, 0.2) is 0 Å². The molecule has 1 fully saturated rings. The molecule has 1 aromatic heterocycles. The Balaban J connectivity index is 2.12. The van der Waals surface area contributed by atoms with Crippen LogP contribution in [0.25, 0.3) is 0 Å². The lowest BCUT2D eigenvalue weighted by Gasteiger charge is -2.49. The lowest BCUT2D eigenvalue weighted by molar-refractivity contribution is 0.0681. The van der Waals surface area contributed by atoms with Gasteiger partial charge in [0.25, 0.3) is 0 Å². The smallest absolute Gasteiger partial charge is 0.224 e. The molecule has 1 heterocycles. The van der Waals surface area contributed by atoms with Crippen LogP contribution in [0.5, 0.6) is 0 Å². The molecule has 0 aromatic carbocycles. The maximum absolute atomic E-state index is 4.70. The second-order valence-electron chi connectivity index (χ2n) is 6.46. The number of hydrogen-bond acceptors (Lipinski definition) is 5. The summed E-state index contributed by atoms with van der Waals surface area (Å²) in [5, 5.41) is 3.27. The molecule has 1 aliphatic carbocycles. The molecule has 0 saturated heterocycles. The molecule has 0 unspecified atom stereocenters. The van der Waals surface area contributed by atoms with Crippen LogP contribution in [-0.2, 0) is 0 Å². The zero-order chi connectivity index (χ0) is 15.5. The van der Waals surface area contributed by atoms with Crippen molar-refractivity contribution in [2.24, 2.45) is 0 Å². The van der Waals surface area contributed by atoms with Crippen LogP contribution in [0.3, 0.4) is 0 Å². The van der Waals surface area contributed by atoms with E-state index in [1.54, 1.807) is 0 Å². The third-order valence-corrected chi connectivity index (χ3v) is 4.60. The topological polar surface area (TPSA) is 44.3 Å². The summed E-state index contributed by atoms with van der Waals surface area (Å²) < 4.78 is 0. The van der Waals surface area contributed by atoms with Gasteiger partial charge >= 0.3 is 0 Å². The molecule has 0 atom stereocenters. The molecule has 0 radical (unpaired) electrons. The summed E-state index contributed by atoms with van der Waals surface area (Å²) in [6.45, 7) is 6.16. The number of rotatable bonds is 7. The van der Waals surface area contributed by atoms with Gasteiger partial charge in [-0.2, -0.15) is 4.98 Å². The van der Waals surface area contributed by atoms with Crippen molar-refractivity contribution < 1.29 is 0 Å². The van der Waals surface area contributed by atoms with E-state index in [1.807, 2.05) is 6.20 Å². The number of aryl methyl sites for hydroxylation is 1. The Bertz CT molecular complexity index is 468. The highest BCUT2D eigenvalue weighted by molar-refractivity contribution is 5.48. The van der Waals surface area contributed by atoms with Crippen molar-refractivity contribution in [3.8, 4) is 0 Å². The Morgan fingerprint density at radius 2 is 2.00 bits per heavy atom. The van der Waals surface area contributed by atoms with Crippen molar-refractivity contribution in [1.82, 2.24) is 14.9 Å². The summed E-state index contributed by atoms with van der Waals surface area (Å²) in [6, 6.07) is 0. The van der Waals surface area contributed by atoms with Gasteiger partial charge in [-0.25, -0.2) is 4.98 Å². The summed E-state index contributed by atoms with van der Waals surface area (Å²) in [5.74, 6) is 1.77. The van der Waals surface area contributed by atoms with Crippen molar-refractivity contribution in [2.75, 3.05) is 44.4 Å². The minimum Gasteiger partial charge on any atom is -0.357 e. The van der Waals surface area contributed by atoms with E-state index in [-0.39, 0.29) is 0 Å². The Kier molecular flexibility index (Phi) is 5.04. The van der Waals surface area contributed by atoms with Gasteiger partial charge in [-0.1, -0.05) is 6.92 Å². The zero-order valence-electron chi connectivity index (χ0n) is 14.1. The fourth-order valence-electron chi connectivity index (χ4n) is 2.99. The van der Waals surface area contributed by atoms with E-state index < -0.39 is 0 Å². The first-order chi connectivity index (χ1) is 9.98. The van der Waals surface area contributed by atoms with Gasteiger partial charge in [-0.15, -0.1) is 0 Å². The van der Waals surface area contributed by atoms with Gasteiger partial charge in [0.1, 0.15) is 5.82 Å². The predicted octanol–water partition coefficient (Wildman–Crippen LogP) is 2.53. The summed E-state index contributed by atoms with van der Waals surface area (Å²) >= 11 is 0. The van der Waals surface area contributed by atoms with Gasteiger partial charge in [-0.3, -0.25) is 0 Å². The molecule has 0 spiro atoms. The van der Waals surface area contributed by atoms with E-state index in [9.17, 15) is 0 Å².